The van der Waals surface area contributed by atoms with Crippen molar-refractivity contribution in [3.8, 4) is 5.75 Å². The molecule has 148 valence electrons. The molecule has 1 aliphatic heterocycles. The van der Waals surface area contributed by atoms with Crippen molar-refractivity contribution in [1.82, 2.24) is 10.6 Å². The summed E-state index contributed by atoms with van der Waals surface area (Å²) in [6, 6.07) is 17.9. The van der Waals surface area contributed by atoms with Crippen LogP contribution >= 0.6 is 0 Å². The summed E-state index contributed by atoms with van der Waals surface area (Å²) >= 11 is 0. The molecular formula is C23H28N2O3. The predicted octanol–water partition coefficient (Wildman–Crippen LogP) is 2.96. The lowest BCUT2D eigenvalue weighted by molar-refractivity contribution is -0.123. The predicted molar refractivity (Wildman–Crippen MR) is 108 cm³/mol. The summed E-state index contributed by atoms with van der Waals surface area (Å²) in [7, 11) is 1.76. The van der Waals surface area contributed by atoms with Crippen molar-refractivity contribution in [3.63, 3.8) is 0 Å². The number of carbonyl (C=O) groups excluding carboxylic acids is 1. The number of ether oxygens (including phenoxy) is 2. The Morgan fingerprint density at radius 1 is 1.11 bits per heavy atom. The lowest BCUT2D eigenvalue weighted by atomic mass is 9.72. The van der Waals surface area contributed by atoms with Crippen molar-refractivity contribution in [3.05, 3.63) is 65.7 Å². The summed E-state index contributed by atoms with van der Waals surface area (Å²) < 4.78 is 11.7. The highest BCUT2D eigenvalue weighted by Gasteiger charge is 2.53. The van der Waals surface area contributed by atoms with Gasteiger partial charge in [0.25, 0.3) is 0 Å². The molecule has 1 fully saturated rings. The van der Waals surface area contributed by atoms with Gasteiger partial charge in [0.15, 0.2) is 0 Å². The van der Waals surface area contributed by atoms with Gasteiger partial charge in [0.1, 0.15) is 5.75 Å². The van der Waals surface area contributed by atoms with E-state index in [1.165, 1.54) is 11.1 Å². The van der Waals surface area contributed by atoms with Crippen LogP contribution in [0.15, 0.2) is 54.6 Å². The minimum absolute atomic E-state index is 0.0104. The summed E-state index contributed by atoms with van der Waals surface area (Å²) in [6.07, 6.45) is 2.31. The van der Waals surface area contributed by atoms with Crippen LogP contribution in [0.4, 0.5) is 0 Å². The highest BCUT2D eigenvalue weighted by Crippen LogP contribution is 2.51. The SMILES string of the molecule is COC1C(NC(=O)CCOc2ccccc2)c2ccccc2C12CCNCC2. The molecule has 1 saturated heterocycles. The molecule has 2 aromatic carbocycles. The van der Waals surface area contributed by atoms with Gasteiger partial charge in [-0.15, -0.1) is 0 Å². The van der Waals surface area contributed by atoms with Gasteiger partial charge in [0.05, 0.1) is 25.2 Å². The molecule has 0 saturated carbocycles. The van der Waals surface area contributed by atoms with E-state index in [4.69, 9.17) is 9.47 Å². The molecule has 5 heteroatoms. The molecule has 2 unspecified atom stereocenters. The fourth-order valence-corrected chi connectivity index (χ4v) is 4.82. The molecule has 2 aliphatic rings. The fourth-order valence-electron chi connectivity index (χ4n) is 4.82. The highest BCUT2D eigenvalue weighted by atomic mass is 16.5. The fraction of sp³-hybridized carbons (Fsp3) is 0.435. The number of rotatable bonds is 6. The lowest BCUT2D eigenvalue weighted by Crippen LogP contribution is -2.49. The maximum atomic E-state index is 12.7. The van der Waals surface area contributed by atoms with Crippen molar-refractivity contribution >= 4 is 5.91 Å². The van der Waals surface area contributed by atoms with E-state index in [1.807, 2.05) is 36.4 Å². The number of carbonyl (C=O) groups is 1. The summed E-state index contributed by atoms with van der Waals surface area (Å²) in [4.78, 5) is 12.7. The van der Waals surface area contributed by atoms with Crippen LogP contribution in [-0.4, -0.2) is 38.8 Å². The number of nitrogens with one attached hydrogen (secondary N) is 2. The third-order valence-corrected chi connectivity index (χ3v) is 6.09. The molecule has 0 radical (unpaired) electrons. The molecule has 5 nitrogen and oxygen atoms in total. The lowest BCUT2D eigenvalue weighted by Gasteiger charge is -2.40. The van der Waals surface area contributed by atoms with E-state index in [0.717, 1.165) is 31.7 Å². The zero-order valence-electron chi connectivity index (χ0n) is 16.3. The number of hydrogen-bond donors (Lipinski definition) is 2. The average molecular weight is 380 g/mol. The topological polar surface area (TPSA) is 59.6 Å². The van der Waals surface area contributed by atoms with Gasteiger partial charge in [0, 0.05) is 12.5 Å². The van der Waals surface area contributed by atoms with E-state index in [0.29, 0.717) is 13.0 Å². The monoisotopic (exact) mass is 380 g/mol. The molecule has 2 atom stereocenters. The summed E-state index contributed by atoms with van der Waals surface area (Å²) in [6.45, 7) is 2.30. The first kappa shape index (κ1) is 19.0. The Morgan fingerprint density at radius 3 is 2.57 bits per heavy atom. The number of amides is 1. The first-order valence-corrected chi connectivity index (χ1v) is 10.0. The van der Waals surface area contributed by atoms with Crippen molar-refractivity contribution in [2.45, 2.75) is 36.8 Å². The van der Waals surface area contributed by atoms with Crippen LogP contribution in [0.3, 0.4) is 0 Å². The number of hydrogen-bond acceptors (Lipinski definition) is 4. The first-order chi connectivity index (χ1) is 13.7. The number of benzene rings is 2. The molecule has 0 bridgehead atoms. The highest BCUT2D eigenvalue weighted by molar-refractivity contribution is 5.77. The second-order valence-corrected chi connectivity index (χ2v) is 7.61. The van der Waals surface area contributed by atoms with Gasteiger partial charge in [-0.25, -0.2) is 0 Å². The molecule has 1 spiro atoms. The summed E-state index contributed by atoms with van der Waals surface area (Å²) in [5.41, 5.74) is 2.48. The van der Waals surface area contributed by atoms with E-state index in [2.05, 4.69) is 28.8 Å². The third-order valence-electron chi connectivity index (χ3n) is 6.09. The Balaban J connectivity index is 1.46. The zero-order valence-corrected chi connectivity index (χ0v) is 16.3. The molecule has 1 aliphatic carbocycles. The van der Waals surface area contributed by atoms with Crippen molar-refractivity contribution in [2.75, 3.05) is 26.8 Å². The van der Waals surface area contributed by atoms with Crippen molar-refractivity contribution in [2.24, 2.45) is 0 Å². The van der Waals surface area contributed by atoms with Gasteiger partial charge >= 0.3 is 0 Å². The number of fused-ring (bicyclic) bond motifs is 2. The van der Waals surface area contributed by atoms with Crippen LogP contribution in [0.2, 0.25) is 0 Å². The molecule has 1 amide bonds. The molecule has 1 heterocycles. The van der Waals surface area contributed by atoms with Crippen LogP contribution in [0.5, 0.6) is 5.75 Å². The van der Waals surface area contributed by atoms with Gasteiger partial charge in [-0.1, -0.05) is 42.5 Å². The van der Waals surface area contributed by atoms with Crippen LogP contribution < -0.4 is 15.4 Å². The van der Waals surface area contributed by atoms with Crippen molar-refractivity contribution in [1.29, 1.82) is 0 Å². The largest absolute Gasteiger partial charge is 0.493 e. The standard InChI is InChI=1S/C23H28N2O3/c1-27-22-21(25-20(26)11-16-28-17-7-3-2-4-8-17)18-9-5-6-10-19(18)23(22)12-14-24-15-13-23/h2-10,21-22,24H,11-16H2,1H3,(H,25,26). The van der Waals surface area contributed by atoms with E-state index >= 15 is 0 Å². The van der Waals surface area contributed by atoms with Crippen LogP contribution in [-0.2, 0) is 14.9 Å². The van der Waals surface area contributed by atoms with Gasteiger partial charge in [-0.3, -0.25) is 4.79 Å². The number of para-hydroxylation sites is 1. The summed E-state index contributed by atoms with van der Waals surface area (Å²) in [5, 5.41) is 6.68. The maximum Gasteiger partial charge on any atom is 0.224 e. The molecule has 2 aromatic rings. The van der Waals surface area contributed by atoms with E-state index in [-0.39, 0.29) is 23.5 Å². The smallest absolute Gasteiger partial charge is 0.224 e. The van der Waals surface area contributed by atoms with Gasteiger partial charge in [-0.2, -0.15) is 0 Å². The Hall–Kier alpha value is -2.37. The van der Waals surface area contributed by atoms with Gasteiger partial charge in [0.2, 0.25) is 5.91 Å². The van der Waals surface area contributed by atoms with Crippen LogP contribution in [0.1, 0.15) is 36.4 Å². The second kappa shape index (κ2) is 8.33. The van der Waals surface area contributed by atoms with Crippen molar-refractivity contribution < 1.29 is 14.3 Å². The number of methoxy groups -OCH3 is 1. The van der Waals surface area contributed by atoms with E-state index in [9.17, 15) is 4.79 Å². The number of piperidine rings is 1. The Bertz CT molecular complexity index is 803. The molecule has 2 N–H and O–H groups in total. The zero-order chi connectivity index (χ0) is 19.4. The van der Waals surface area contributed by atoms with Gasteiger partial charge in [-0.05, 0) is 49.2 Å². The average Bonchev–Trinajstić information content (AvgIpc) is 2.98. The minimum Gasteiger partial charge on any atom is -0.493 e. The quantitative estimate of drug-likeness (QED) is 0.809. The van der Waals surface area contributed by atoms with E-state index < -0.39 is 0 Å². The van der Waals surface area contributed by atoms with E-state index in [1.54, 1.807) is 7.11 Å². The third kappa shape index (κ3) is 3.52. The minimum atomic E-state index is -0.122. The van der Waals surface area contributed by atoms with Crippen LogP contribution in [0, 0.1) is 0 Å². The maximum absolute atomic E-state index is 12.7. The molecule has 28 heavy (non-hydrogen) atoms. The van der Waals surface area contributed by atoms with Crippen LogP contribution in [0.25, 0.3) is 0 Å². The second-order valence-electron chi connectivity index (χ2n) is 7.61. The Kier molecular flexibility index (Phi) is 5.64. The molecule has 4 rings (SSSR count). The first-order valence-electron chi connectivity index (χ1n) is 10.0. The normalized spacial score (nSPS) is 22.6. The molecular weight excluding hydrogens is 352 g/mol. The summed E-state index contributed by atoms with van der Waals surface area (Å²) in [5.74, 6) is 0.772. The Morgan fingerprint density at radius 2 is 1.82 bits per heavy atom. The van der Waals surface area contributed by atoms with Gasteiger partial charge < -0.3 is 20.1 Å². The molecule has 0 aromatic heterocycles. The Labute approximate surface area is 166 Å².